The first kappa shape index (κ1) is 20.1. The molecule has 5 nitrogen and oxygen atoms in total. The van der Waals surface area contributed by atoms with Crippen LogP contribution < -0.4 is 5.32 Å². The van der Waals surface area contributed by atoms with Gasteiger partial charge in [-0.05, 0) is 56.0 Å². The van der Waals surface area contributed by atoms with Gasteiger partial charge in [0.25, 0.3) is 0 Å². The number of nitrogens with zero attached hydrogens (tertiary/aromatic N) is 2. The van der Waals surface area contributed by atoms with Gasteiger partial charge in [0.1, 0.15) is 0 Å². The standard InChI is InChI=1S/C23H29N3O2/c1-16-8-7-9-17(2)23(16)24-21(27)14-26(4)22(28)15-25(3)20-13-12-18-10-5-6-11-19(18)20/h5-11,20H,12-15H2,1-4H3,(H,24,27). The zero-order valence-corrected chi connectivity index (χ0v) is 17.2. The van der Waals surface area contributed by atoms with Gasteiger partial charge in [-0.2, -0.15) is 0 Å². The van der Waals surface area contributed by atoms with Crippen LogP contribution in [-0.2, 0) is 16.0 Å². The molecular formula is C23H29N3O2. The van der Waals surface area contributed by atoms with Gasteiger partial charge in [0.05, 0.1) is 13.1 Å². The molecule has 3 rings (SSSR count). The van der Waals surface area contributed by atoms with Crippen molar-refractivity contribution in [2.45, 2.75) is 32.7 Å². The maximum atomic E-state index is 12.6. The summed E-state index contributed by atoms with van der Waals surface area (Å²) >= 11 is 0. The van der Waals surface area contributed by atoms with Crippen molar-refractivity contribution in [3.8, 4) is 0 Å². The number of fused-ring (bicyclic) bond motifs is 1. The Morgan fingerprint density at radius 1 is 1.00 bits per heavy atom. The predicted octanol–water partition coefficient (Wildman–Crippen LogP) is 3.32. The second-order valence-corrected chi connectivity index (χ2v) is 7.73. The van der Waals surface area contributed by atoms with Crippen molar-refractivity contribution in [2.75, 3.05) is 32.5 Å². The third-order valence-corrected chi connectivity index (χ3v) is 5.57. The smallest absolute Gasteiger partial charge is 0.243 e. The van der Waals surface area contributed by atoms with Crippen molar-refractivity contribution in [3.05, 3.63) is 64.7 Å². The number of anilines is 1. The molecule has 1 unspecified atom stereocenters. The molecule has 0 heterocycles. The van der Waals surface area contributed by atoms with Crippen LogP contribution in [0.25, 0.3) is 0 Å². The van der Waals surface area contributed by atoms with Crippen LogP contribution in [-0.4, -0.2) is 48.8 Å². The molecule has 0 spiro atoms. The molecule has 5 heteroatoms. The Hall–Kier alpha value is -2.66. The number of rotatable bonds is 6. The van der Waals surface area contributed by atoms with E-state index >= 15 is 0 Å². The molecule has 0 radical (unpaired) electrons. The van der Waals surface area contributed by atoms with E-state index in [-0.39, 0.29) is 24.4 Å². The van der Waals surface area contributed by atoms with Crippen LogP contribution in [0.2, 0.25) is 0 Å². The van der Waals surface area contributed by atoms with Crippen molar-refractivity contribution in [3.63, 3.8) is 0 Å². The number of likely N-dealkylation sites (N-methyl/N-ethyl adjacent to an activating group) is 2. The molecule has 2 amide bonds. The maximum absolute atomic E-state index is 12.6. The lowest BCUT2D eigenvalue weighted by Crippen LogP contribution is -2.41. The molecule has 0 fully saturated rings. The van der Waals surface area contributed by atoms with E-state index in [1.165, 1.54) is 16.0 Å². The van der Waals surface area contributed by atoms with Crippen molar-refractivity contribution >= 4 is 17.5 Å². The van der Waals surface area contributed by atoms with Crippen molar-refractivity contribution < 1.29 is 9.59 Å². The van der Waals surface area contributed by atoms with Crippen molar-refractivity contribution in [1.82, 2.24) is 9.80 Å². The van der Waals surface area contributed by atoms with Gasteiger partial charge in [0.2, 0.25) is 11.8 Å². The summed E-state index contributed by atoms with van der Waals surface area (Å²) < 4.78 is 0. The number of nitrogens with one attached hydrogen (secondary N) is 1. The fourth-order valence-electron chi connectivity index (χ4n) is 3.93. The third kappa shape index (κ3) is 4.42. The zero-order chi connectivity index (χ0) is 20.3. The molecule has 0 saturated heterocycles. The van der Waals surface area contributed by atoms with E-state index in [0.717, 1.165) is 29.7 Å². The van der Waals surface area contributed by atoms with E-state index < -0.39 is 0 Å². The summed E-state index contributed by atoms with van der Waals surface area (Å²) in [4.78, 5) is 28.7. The molecule has 1 aliphatic rings. The molecule has 0 bridgehead atoms. The highest BCUT2D eigenvalue weighted by atomic mass is 16.2. The minimum atomic E-state index is -0.179. The molecule has 0 saturated carbocycles. The Bertz CT molecular complexity index is 858. The Labute approximate surface area is 167 Å². The molecule has 148 valence electrons. The van der Waals surface area contributed by atoms with Gasteiger partial charge in [0, 0.05) is 18.8 Å². The van der Waals surface area contributed by atoms with Crippen LogP contribution in [0.15, 0.2) is 42.5 Å². The Balaban J connectivity index is 1.55. The lowest BCUT2D eigenvalue weighted by atomic mass is 10.1. The normalized spacial score (nSPS) is 15.4. The third-order valence-electron chi connectivity index (χ3n) is 5.57. The molecule has 28 heavy (non-hydrogen) atoms. The van der Waals surface area contributed by atoms with Crippen LogP contribution in [0.5, 0.6) is 0 Å². The van der Waals surface area contributed by atoms with Gasteiger partial charge in [-0.1, -0.05) is 42.5 Å². The number of para-hydroxylation sites is 1. The summed E-state index contributed by atoms with van der Waals surface area (Å²) in [5, 5.41) is 2.94. The molecular weight excluding hydrogens is 350 g/mol. The summed E-state index contributed by atoms with van der Waals surface area (Å²) in [5.41, 5.74) is 5.54. The summed E-state index contributed by atoms with van der Waals surface area (Å²) in [5.74, 6) is -0.231. The average Bonchev–Trinajstić information content (AvgIpc) is 3.09. The highest BCUT2D eigenvalue weighted by Crippen LogP contribution is 2.34. The van der Waals surface area contributed by atoms with Gasteiger partial charge in [0.15, 0.2) is 0 Å². The lowest BCUT2D eigenvalue weighted by Gasteiger charge is -2.27. The van der Waals surface area contributed by atoms with Gasteiger partial charge in [-0.15, -0.1) is 0 Å². The van der Waals surface area contributed by atoms with Crippen molar-refractivity contribution in [2.24, 2.45) is 0 Å². The van der Waals surface area contributed by atoms with E-state index in [4.69, 9.17) is 0 Å². The van der Waals surface area contributed by atoms with E-state index in [9.17, 15) is 9.59 Å². The largest absolute Gasteiger partial charge is 0.335 e. The first-order valence-electron chi connectivity index (χ1n) is 9.75. The molecule has 2 aromatic rings. The minimum Gasteiger partial charge on any atom is -0.335 e. The van der Waals surface area contributed by atoms with E-state index in [1.807, 2.05) is 39.1 Å². The van der Waals surface area contributed by atoms with E-state index in [1.54, 1.807) is 7.05 Å². The second-order valence-electron chi connectivity index (χ2n) is 7.73. The fraction of sp³-hybridized carbons (Fsp3) is 0.391. The first-order valence-corrected chi connectivity index (χ1v) is 9.75. The summed E-state index contributed by atoms with van der Waals surface area (Å²) in [6.07, 6.45) is 2.08. The molecule has 0 aliphatic heterocycles. The zero-order valence-electron chi connectivity index (χ0n) is 17.2. The SMILES string of the molecule is Cc1cccc(C)c1NC(=O)CN(C)C(=O)CN(C)C1CCc2ccccc21. The summed E-state index contributed by atoms with van der Waals surface area (Å²) in [6.45, 7) is 4.27. The van der Waals surface area contributed by atoms with Crippen LogP contribution in [0.3, 0.4) is 0 Å². The van der Waals surface area contributed by atoms with Gasteiger partial charge >= 0.3 is 0 Å². The van der Waals surface area contributed by atoms with Crippen LogP contribution in [0.4, 0.5) is 5.69 Å². The fourth-order valence-corrected chi connectivity index (χ4v) is 3.93. The number of hydrogen-bond donors (Lipinski definition) is 1. The number of carbonyl (C=O) groups is 2. The first-order chi connectivity index (χ1) is 13.4. The molecule has 2 aromatic carbocycles. The topological polar surface area (TPSA) is 52.7 Å². The second kappa shape index (κ2) is 8.57. The molecule has 1 N–H and O–H groups in total. The monoisotopic (exact) mass is 379 g/mol. The van der Waals surface area contributed by atoms with Crippen LogP contribution in [0.1, 0.15) is 34.7 Å². The number of hydrogen-bond acceptors (Lipinski definition) is 3. The summed E-state index contributed by atoms with van der Waals surface area (Å²) in [6, 6.07) is 14.6. The summed E-state index contributed by atoms with van der Waals surface area (Å²) in [7, 11) is 3.67. The molecule has 1 aliphatic carbocycles. The minimum absolute atomic E-state index is 0.0434. The van der Waals surface area contributed by atoms with Crippen molar-refractivity contribution in [1.29, 1.82) is 0 Å². The van der Waals surface area contributed by atoms with Gasteiger partial charge in [-0.25, -0.2) is 0 Å². The Morgan fingerprint density at radius 3 is 2.39 bits per heavy atom. The average molecular weight is 380 g/mol. The highest BCUT2D eigenvalue weighted by Gasteiger charge is 2.27. The Kier molecular flexibility index (Phi) is 6.15. The number of benzene rings is 2. The predicted molar refractivity (Wildman–Crippen MR) is 112 cm³/mol. The highest BCUT2D eigenvalue weighted by molar-refractivity contribution is 5.95. The lowest BCUT2D eigenvalue weighted by molar-refractivity contribution is -0.134. The van der Waals surface area contributed by atoms with E-state index in [0.29, 0.717) is 6.54 Å². The van der Waals surface area contributed by atoms with E-state index in [2.05, 4.69) is 34.5 Å². The maximum Gasteiger partial charge on any atom is 0.243 e. The number of aryl methyl sites for hydroxylation is 3. The molecule has 1 atom stereocenters. The Morgan fingerprint density at radius 2 is 1.68 bits per heavy atom. The van der Waals surface area contributed by atoms with Crippen LogP contribution in [0, 0.1) is 13.8 Å². The van der Waals surface area contributed by atoms with Crippen LogP contribution >= 0.6 is 0 Å². The quantitative estimate of drug-likeness (QED) is 0.838. The van der Waals surface area contributed by atoms with Gasteiger partial charge in [-0.3, -0.25) is 14.5 Å². The number of amides is 2. The van der Waals surface area contributed by atoms with Gasteiger partial charge < -0.3 is 10.2 Å². The number of carbonyl (C=O) groups excluding carboxylic acids is 2. The molecule has 0 aromatic heterocycles.